The van der Waals surface area contributed by atoms with Gasteiger partial charge in [-0.15, -0.1) is 0 Å². The Labute approximate surface area is 147 Å². The molecule has 2 N–H and O–H groups in total. The largest absolute Gasteiger partial charge is 0.492 e. The van der Waals surface area contributed by atoms with Gasteiger partial charge in [-0.25, -0.2) is 13.1 Å². The van der Waals surface area contributed by atoms with Crippen LogP contribution in [-0.2, 0) is 10.0 Å². The molecule has 0 aromatic heterocycles. The molecule has 0 bridgehead atoms. The molecule has 1 saturated carbocycles. The van der Waals surface area contributed by atoms with E-state index < -0.39 is 10.0 Å². The average molecular weight is 360 g/mol. The number of rotatable bonds is 7. The molecule has 0 saturated heterocycles. The molecule has 6 nitrogen and oxygen atoms in total. The van der Waals surface area contributed by atoms with E-state index in [1.807, 2.05) is 13.0 Å². The smallest absolute Gasteiger partial charge is 0.255 e. The fourth-order valence-corrected chi connectivity index (χ4v) is 3.66. The molecule has 0 heterocycles. The average Bonchev–Trinajstić information content (AvgIpc) is 3.40. The number of sulfonamides is 1. The molecule has 25 heavy (non-hydrogen) atoms. The minimum atomic E-state index is -3.61. The van der Waals surface area contributed by atoms with Crippen LogP contribution in [0.2, 0.25) is 0 Å². The first-order valence-electron chi connectivity index (χ1n) is 8.15. The van der Waals surface area contributed by atoms with E-state index in [9.17, 15) is 13.2 Å². The number of amides is 1. The van der Waals surface area contributed by atoms with Gasteiger partial charge in [0.15, 0.2) is 0 Å². The normalized spacial score (nSPS) is 14.1. The van der Waals surface area contributed by atoms with Gasteiger partial charge in [-0.3, -0.25) is 4.79 Å². The third-order valence-electron chi connectivity index (χ3n) is 3.74. The molecule has 1 amide bonds. The van der Waals surface area contributed by atoms with Crippen LogP contribution in [0.15, 0.2) is 53.4 Å². The molecule has 0 aliphatic heterocycles. The summed E-state index contributed by atoms with van der Waals surface area (Å²) < 4.78 is 32.9. The summed E-state index contributed by atoms with van der Waals surface area (Å²) in [6, 6.07) is 13.2. The third-order valence-corrected chi connectivity index (χ3v) is 5.26. The van der Waals surface area contributed by atoms with E-state index in [2.05, 4.69) is 10.0 Å². The lowest BCUT2D eigenvalue weighted by molar-refractivity contribution is 0.102. The number of ether oxygens (including phenoxy) is 1. The second-order valence-corrected chi connectivity index (χ2v) is 7.52. The van der Waals surface area contributed by atoms with Crippen LogP contribution in [0.5, 0.6) is 5.75 Å². The van der Waals surface area contributed by atoms with Crippen LogP contribution in [0.4, 0.5) is 5.69 Å². The van der Waals surface area contributed by atoms with Crippen molar-refractivity contribution in [1.29, 1.82) is 0 Å². The topological polar surface area (TPSA) is 84.5 Å². The van der Waals surface area contributed by atoms with Crippen LogP contribution >= 0.6 is 0 Å². The van der Waals surface area contributed by atoms with Crippen molar-refractivity contribution in [3.63, 3.8) is 0 Å². The van der Waals surface area contributed by atoms with Gasteiger partial charge in [0.25, 0.3) is 5.91 Å². The first kappa shape index (κ1) is 17.4. The maximum absolute atomic E-state index is 12.4. The van der Waals surface area contributed by atoms with Gasteiger partial charge in [-0.05, 0) is 50.1 Å². The van der Waals surface area contributed by atoms with Crippen molar-refractivity contribution < 1.29 is 17.9 Å². The SMILES string of the molecule is CCOc1ccc(S(=O)(=O)NC2CC2)cc1NC(=O)c1ccccc1. The van der Waals surface area contributed by atoms with E-state index in [1.165, 1.54) is 12.1 Å². The van der Waals surface area contributed by atoms with Crippen LogP contribution in [0, 0.1) is 0 Å². The Morgan fingerprint density at radius 1 is 1.16 bits per heavy atom. The predicted molar refractivity (Wildman–Crippen MR) is 95.3 cm³/mol. The Morgan fingerprint density at radius 2 is 1.88 bits per heavy atom. The van der Waals surface area contributed by atoms with E-state index in [-0.39, 0.29) is 16.8 Å². The molecule has 3 rings (SSSR count). The molecule has 0 radical (unpaired) electrons. The highest BCUT2D eigenvalue weighted by Crippen LogP contribution is 2.29. The number of hydrogen-bond donors (Lipinski definition) is 2. The van der Waals surface area contributed by atoms with Crippen molar-refractivity contribution in [2.24, 2.45) is 0 Å². The van der Waals surface area contributed by atoms with Crippen molar-refractivity contribution in [2.45, 2.75) is 30.7 Å². The summed E-state index contributed by atoms with van der Waals surface area (Å²) in [7, 11) is -3.61. The number of benzene rings is 2. The minimum absolute atomic E-state index is 0.0129. The van der Waals surface area contributed by atoms with E-state index in [0.717, 1.165) is 12.8 Å². The fourth-order valence-electron chi connectivity index (χ4n) is 2.33. The summed E-state index contributed by atoms with van der Waals surface area (Å²) in [4.78, 5) is 12.5. The Hall–Kier alpha value is -2.38. The minimum Gasteiger partial charge on any atom is -0.492 e. The number of carbonyl (C=O) groups is 1. The number of nitrogens with one attached hydrogen (secondary N) is 2. The molecule has 1 aliphatic rings. The number of anilines is 1. The molecule has 1 aliphatic carbocycles. The van der Waals surface area contributed by atoms with E-state index >= 15 is 0 Å². The Morgan fingerprint density at radius 3 is 2.52 bits per heavy atom. The van der Waals surface area contributed by atoms with Gasteiger partial charge < -0.3 is 10.1 Å². The number of hydrogen-bond acceptors (Lipinski definition) is 4. The molecule has 0 spiro atoms. The Bertz CT molecular complexity index is 862. The van der Waals surface area contributed by atoms with Crippen molar-refractivity contribution >= 4 is 21.6 Å². The van der Waals surface area contributed by atoms with E-state index in [1.54, 1.807) is 30.3 Å². The van der Waals surface area contributed by atoms with Crippen LogP contribution in [-0.4, -0.2) is 27.0 Å². The lowest BCUT2D eigenvalue weighted by atomic mass is 10.2. The lowest BCUT2D eigenvalue weighted by Crippen LogP contribution is -2.26. The molecule has 2 aromatic rings. The van der Waals surface area contributed by atoms with E-state index in [4.69, 9.17) is 4.74 Å². The molecule has 2 aromatic carbocycles. The zero-order valence-electron chi connectivity index (χ0n) is 13.9. The first-order valence-corrected chi connectivity index (χ1v) is 9.63. The summed E-state index contributed by atoms with van der Waals surface area (Å²) in [5.41, 5.74) is 0.809. The van der Waals surface area contributed by atoms with Gasteiger partial charge >= 0.3 is 0 Å². The van der Waals surface area contributed by atoms with Gasteiger partial charge in [0.2, 0.25) is 10.0 Å². The summed E-state index contributed by atoms with van der Waals surface area (Å²) in [6.07, 6.45) is 1.71. The quantitative estimate of drug-likeness (QED) is 0.795. The van der Waals surface area contributed by atoms with Crippen molar-refractivity contribution in [3.05, 3.63) is 54.1 Å². The zero-order chi connectivity index (χ0) is 17.9. The van der Waals surface area contributed by atoms with Crippen LogP contribution < -0.4 is 14.8 Å². The predicted octanol–water partition coefficient (Wildman–Crippen LogP) is 2.78. The summed E-state index contributed by atoms with van der Waals surface area (Å²) in [5.74, 6) is 0.100. The van der Waals surface area contributed by atoms with Crippen LogP contribution in [0.25, 0.3) is 0 Å². The van der Waals surface area contributed by atoms with Crippen molar-refractivity contribution in [1.82, 2.24) is 4.72 Å². The maximum Gasteiger partial charge on any atom is 0.255 e. The highest BCUT2D eigenvalue weighted by atomic mass is 32.2. The zero-order valence-corrected chi connectivity index (χ0v) is 14.7. The summed E-state index contributed by atoms with van der Waals surface area (Å²) >= 11 is 0. The summed E-state index contributed by atoms with van der Waals surface area (Å²) in [5, 5.41) is 2.74. The second-order valence-electron chi connectivity index (χ2n) is 5.81. The highest BCUT2D eigenvalue weighted by molar-refractivity contribution is 7.89. The summed E-state index contributed by atoms with van der Waals surface area (Å²) in [6.45, 7) is 2.22. The molecular weight excluding hydrogens is 340 g/mol. The van der Waals surface area contributed by atoms with E-state index in [0.29, 0.717) is 23.6 Å². The standard InChI is InChI=1S/C18H20N2O4S/c1-2-24-17-11-10-15(25(22,23)20-14-8-9-14)12-16(17)19-18(21)13-6-4-3-5-7-13/h3-7,10-12,14,20H,2,8-9H2,1H3,(H,19,21). The van der Waals surface area contributed by atoms with Gasteiger partial charge in [-0.1, -0.05) is 18.2 Å². The van der Waals surface area contributed by atoms with Crippen LogP contribution in [0.3, 0.4) is 0 Å². The van der Waals surface area contributed by atoms with Gasteiger partial charge in [0.1, 0.15) is 5.75 Å². The Kier molecular flexibility index (Phi) is 5.06. The van der Waals surface area contributed by atoms with Crippen molar-refractivity contribution in [2.75, 3.05) is 11.9 Å². The van der Waals surface area contributed by atoms with Crippen LogP contribution in [0.1, 0.15) is 30.1 Å². The number of carbonyl (C=O) groups excluding carboxylic acids is 1. The molecular formula is C18H20N2O4S. The van der Waals surface area contributed by atoms with Crippen molar-refractivity contribution in [3.8, 4) is 5.75 Å². The third kappa shape index (κ3) is 4.37. The first-order chi connectivity index (χ1) is 12.0. The van der Waals surface area contributed by atoms with Gasteiger partial charge in [0, 0.05) is 11.6 Å². The second kappa shape index (κ2) is 7.25. The fraction of sp³-hybridized carbons (Fsp3) is 0.278. The monoisotopic (exact) mass is 360 g/mol. The molecule has 132 valence electrons. The molecule has 0 unspecified atom stereocenters. The maximum atomic E-state index is 12.4. The van der Waals surface area contributed by atoms with Gasteiger partial charge in [0.05, 0.1) is 17.2 Å². The highest BCUT2D eigenvalue weighted by Gasteiger charge is 2.28. The molecule has 7 heteroatoms. The van der Waals surface area contributed by atoms with Gasteiger partial charge in [-0.2, -0.15) is 0 Å². The Balaban J connectivity index is 1.89. The lowest BCUT2D eigenvalue weighted by Gasteiger charge is -2.14. The molecule has 0 atom stereocenters. The molecule has 1 fully saturated rings.